The number of rotatable bonds is 7. The Labute approximate surface area is 141 Å². The van der Waals surface area contributed by atoms with Crippen molar-refractivity contribution in [3.05, 3.63) is 54.0 Å². The maximum Gasteiger partial charge on any atom is 0.251 e. The third kappa shape index (κ3) is 4.62. The maximum atomic E-state index is 12.4. The number of carbonyl (C=O) groups is 2. The second-order valence-electron chi connectivity index (χ2n) is 5.77. The molecule has 2 amide bonds. The predicted molar refractivity (Wildman–Crippen MR) is 89.6 cm³/mol. The molecule has 6 nitrogen and oxygen atoms in total. The van der Waals surface area contributed by atoms with E-state index >= 15 is 0 Å². The van der Waals surface area contributed by atoms with E-state index < -0.39 is 6.04 Å². The van der Waals surface area contributed by atoms with Crippen LogP contribution in [0.15, 0.2) is 47.3 Å². The van der Waals surface area contributed by atoms with Crippen LogP contribution >= 0.6 is 0 Å². The Balaban J connectivity index is 1.98. The van der Waals surface area contributed by atoms with Gasteiger partial charge in [-0.1, -0.05) is 13.8 Å². The number of amides is 2. The van der Waals surface area contributed by atoms with Crippen molar-refractivity contribution in [1.29, 1.82) is 0 Å². The molecule has 0 spiro atoms. The molecule has 2 rings (SSSR count). The summed E-state index contributed by atoms with van der Waals surface area (Å²) < 4.78 is 10.0. The molecule has 1 heterocycles. The van der Waals surface area contributed by atoms with Crippen LogP contribution in [0.1, 0.15) is 29.8 Å². The first-order valence-corrected chi connectivity index (χ1v) is 7.75. The summed E-state index contributed by atoms with van der Waals surface area (Å²) in [5.41, 5.74) is 1.34. The highest BCUT2D eigenvalue weighted by molar-refractivity contribution is 5.97. The summed E-state index contributed by atoms with van der Waals surface area (Å²) in [6.45, 7) is 4.13. The van der Waals surface area contributed by atoms with Gasteiger partial charge in [0.15, 0.2) is 0 Å². The zero-order chi connectivity index (χ0) is 17.5. The van der Waals surface area contributed by atoms with E-state index in [4.69, 9.17) is 9.15 Å². The Kier molecular flexibility index (Phi) is 6.01. The van der Waals surface area contributed by atoms with E-state index in [2.05, 4.69) is 10.6 Å². The lowest BCUT2D eigenvalue weighted by atomic mass is 10.0. The van der Waals surface area contributed by atoms with Gasteiger partial charge in [-0.2, -0.15) is 0 Å². The summed E-state index contributed by atoms with van der Waals surface area (Å²) in [5.74, 6) is 0.101. The minimum atomic E-state index is -0.619. The maximum absolute atomic E-state index is 12.4. The van der Waals surface area contributed by atoms with Gasteiger partial charge in [0.1, 0.15) is 11.8 Å². The van der Waals surface area contributed by atoms with Crippen LogP contribution in [-0.4, -0.2) is 25.0 Å². The molecule has 0 aliphatic heterocycles. The molecule has 0 radical (unpaired) electrons. The van der Waals surface area contributed by atoms with Gasteiger partial charge >= 0.3 is 0 Å². The van der Waals surface area contributed by atoms with Crippen molar-refractivity contribution in [3.63, 3.8) is 0 Å². The Hall–Kier alpha value is -2.76. The number of furan rings is 1. The summed E-state index contributed by atoms with van der Waals surface area (Å²) in [6.07, 6.45) is 3.12. The third-order valence-corrected chi connectivity index (χ3v) is 3.63. The molecule has 24 heavy (non-hydrogen) atoms. The highest BCUT2D eigenvalue weighted by atomic mass is 16.5. The van der Waals surface area contributed by atoms with Gasteiger partial charge in [-0.3, -0.25) is 9.59 Å². The fourth-order valence-corrected chi connectivity index (χ4v) is 2.19. The molecule has 0 saturated heterocycles. The molecule has 0 unspecified atom stereocenters. The van der Waals surface area contributed by atoms with Crippen molar-refractivity contribution in [3.8, 4) is 5.75 Å². The van der Waals surface area contributed by atoms with Crippen LogP contribution in [0.5, 0.6) is 5.75 Å². The van der Waals surface area contributed by atoms with Gasteiger partial charge in [0.2, 0.25) is 5.91 Å². The smallest absolute Gasteiger partial charge is 0.251 e. The van der Waals surface area contributed by atoms with E-state index in [1.165, 1.54) is 0 Å². The molecule has 1 aromatic carbocycles. The first-order chi connectivity index (χ1) is 11.5. The molecule has 0 aliphatic carbocycles. The van der Waals surface area contributed by atoms with E-state index in [1.807, 2.05) is 13.8 Å². The van der Waals surface area contributed by atoms with Crippen molar-refractivity contribution >= 4 is 11.8 Å². The second kappa shape index (κ2) is 8.19. The Morgan fingerprint density at radius 3 is 2.42 bits per heavy atom. The fourth-order valence-electron chi connectivity index (χ4n) is 2.19. The van der Waals surface area contributed by atoms with Crippen molar-refractivity contribution in [2.24, 2.45) is 5.92 Å². The van der Waals surface area contributed by atoms with Crippen molar-refractivity contribution < 1.29 is 18.7 Å². The molecule has 0 bridgehead atoms. The van der Waals surface area contributed by atoms with E-state index in [-0.39, 0.29) is 17.7 Å². The largest absolute Gasteiger partial charge is 0.497 e. The number of ether oxygens (including phenoxy) is 1. The monoisotopic (exact) mass is 330 g/mol. The third-order valence-electron chi connectivity index (χ3n) is 3.63. The van der Waals surface area contributed by atoms with Crippen LogP contribution in [0.3, 0.4) is 0 Å². The number of methoxy groups -OCH3 is 1. The van der Waals surface area contributed by atoms with Gasteiger partial charge < -0.3 is 19.8 Å². The first-order valence-electron chi connectivity index (χ1n) is 7.75. The lowest BCUT2D eigenvalue weighted by Crippen LogP contribution is -2.49. The quantitative estimate of drug-likeness (QED) is 0.817. The zero-order valence-electron chi connectivity index (χ0n) is 14.0. The average molecular weight is 330 g/mol. The van der Waals surface area contributed by atoms with Gasteiger partial charge in [-0.25, -0.2) is 0 Å². The highest BCUT2D eigenvalue weighted by Gasteiger charge is 2.24. The zero-order valence-corrected chi connectivity index (χ0v) is 14.0. The molecule has 1 atom stereocenters. The number of benzene rings is 1. The predicted octanol–water partition coefficient (Wildman–Crippen LogP) is 2.36. The van der Waals surface area contributed by atoms with Crippen LogP contribution in [0.4, 0.5) is 0 Å². The first kappa shape index (κ1) is 17.6. The number of nitrogens with one attached hydrogen (secondary N) is 2. The summed E-state index contributed by atoms with van der Waals surface area (Å²) >= 11 is 0. The molecule has 128 valence electrons. The molecule has 6 heteroatoms. The number of hydrogen-bond donors (Lipinski definition) is 2. The standard InChI is InChI=1S/C18H22N2O4/c1-12(2)16(18(22)19-10-13-8-9-24-11-13)20-17(21)14-4-6-15(23-3)7-5-14/h4-9,11-12,16H,10H2,1-3H3,(H,19,22)(H,20,21)/t16-/m0/s1. The molecule has 2 aromatic rings. The van der Waals surface area contributed by atoms with Gasteiger partial charge in [0, 0.05) is 17.7 Å². The minimum absolute atomic E-state index is 0.0449. The number of carbonyl (C=O) groups excluding carboxylic acids is 2. The average Bonchev–Trinajstić information content (AvgIpc) is 3.10. The summed E-state index contributed by atoms with van der Waals surface area (Å²) in [4.78, 5) is 24.7. The SMILES string of the molecule is COc1ccc(C(=O)N[C@H](C(=O)NCc2ccoc2)C(C)C)cc1. The molecule has 0 saturated carbocycles. The Bertz CT molecular complexity index is 663. The van der Waals surface area contributed by atoms with Gasteiger partial charge in [-0.15, -0.1) is 0 Å². The van der Waals surface area contributed by atoms with Gasteiger partial charge in [0.05, 0.1) is 19.6 Å². The van der Waals surface area contributed by atoms with E-state index in [1.54, 1.807) is 50.0 Å². The van der Waals surface area contributed by atoms with Gasteiger partial charge in [0.25, 0.3) is 5.91 Å². The highest BCUT2D eigenvalue weighted by Crippen LogP contribution is 2.12. The molecule has 2 N–H and O–H groups in total. The molecular weight excluding hydrogens is 308 g/mol. The minimum Gasteiger partial charge on any atom is -0.497 e. The molecule has 0 fully saturated rings. The lowest BCUT2D eigenvalue weighted by molar-refractivity contribution is -0.124. The van der Waals surface area contributed by atoms with Crippen LogP contribution in [0.25, 0.3) is 0 Å². The van der Waals surface area contributed by atoms with Crippen LogP contribution in [0, 0.1) is 5.92 Å². The Morgan fingerprint density at radius 2 is 1.88 bits per heavy atom. The molecular formula is C18H22N2O4. The number of hydrogen-bond acceptors (Lipinski definition) is 4. The second-order valence-corrected chi connectivity index (χ2v) is 5.77. The van der Waals surface area contributed by atoms with Gasteiger partial charge in [-0.05, 0) is 36.2 Å². The molecule has 0 aliphatic rings. The summed E-state index contributed by atoms with van der Waals surface area (Å²) in [5, 5.41) is 5.59. The summed E-state index contributed by atoms with van der Waals surface area (Å²) in [7, 11) is 1.56. The fraction of sp³-hybridized carbons (Fsp3) is 0.333. The van der Waals surface area contributed by atoms with E-state index in [0.29, 0.717) is 17.9 Å². The topological polar surface area (TPSA) is 80.6 Å². The van der Waals surface area contributed by atoms with Crippen LogP contribution < -0.4 is 15.4 Å². The normalized spacial score (nSPS) is 11.8. The van der Waals surface area contributed by atoms with Crippen molar-refractivity contribution in [2.75, 3.05) is 7.11 Å². The van der Waals surface area contributed by atoms with Crippen molar-refractivity contribution in [2.45, 2.75) is 26.4 Å². The summed E-state index contributed by atoms with van der Waals surface area (Å²) in [6, 6.07) is 7.90. The lowest BCUT2D eigenvalue weighted by Gasteiger charge is -2.21. The van der Waals surface area contributed by atoms with Crippen LogP contribution in [0.2, 0.25) is 0 Å². The van der Waals surface area contributed by atoms with Crippen LogP contribution in [-0.2, 0) is 11.3 Å². The van der Waals surface area contributed by atoms with E-state index in [0.717, 1.165) is 5.56 Å². The van der Waals surface area contributed by atoms with Crippen molar-refractivity contribution in [1.82, 2.24) is 10.6 Å². The Morgan fingerprint density at radius 1 is 1.17 bits per heavy atom. The van der Waals surface area contributed by atoms with E-state index in [9.17, 15) is 9.59 Å². The molecule has 1 aromatic heterocycles.